The van der Waals surface area contributed by atoms with Gasteiger partial charge in [-0.2, -0.15) is 0 Å². The zero-order valence-electron chi connectivity index (χ0n) is 7.32. The number of hydrogen-bond donors (Lipinski definition) is 0. The van der Waals surface area contributed by atoms with Gasteiger partial charge in [-0.25, -0.2) is 0 Å². The molecular weight excluding hydrogens is 181 g/mol. The highest BCUT2D eigenvalue weighted by atomic mass is 19.4. The lowest BCUT2D eigenvalue weighted by molar-refractivity contribution is -0.303. The van der Waals surface area contributed by atoms with Crippen LogP contribution in [0.5, 0.6) is 0 Å². The first-order valence-corrected chi connectivity index (χ1v) is 3.66. The highest BCUT2D eigenvalue weighted by Crippen LogP contribution is 2.22. The van der Waals surface area contributed by atoms with Gasteiger partial charge in [0, 0.05) is 0 Å². The molecule has 0 aromatic heterocycles. The van der Waals surface area contributed by atoms with E-state index in [1.54, 1.807) is 6.92 Å². The van der Waals surface area contributed by atoms with Crippen LogP contribution in [0.2, 0.25) is 0 Å². The highest BCUT2D eigenvalue weighted by Gasteiger charge is 2.31. The Morgan fingerprint density at radius 1 is 1.46 bits per heavy atom. The minimum Gasteiger partial charge on any atom is -0.406 e. The van der Waals surface area contributed by atoms with Crippen LogP contribution in [0.25, 0.3) is 0 Å². The second kappa shape index (κ2) is 4.74. The van der Waals surface area contributed by atoms with Crippen LogP contribution in [0.4, 0.5) is 13.2 Å². The van der Waals surface area contributed by atoms with Crippen LogP contribution in [0.15, 0.2) is 36.6 Å². The van der Waals surface area contributed by atoms with Crippen molar-refractivity contribution < 1.29 is 17.9 Å². The lowest BCUT2D eigenvalue weighted by Gasteiger charge is -2.09. The van der Waals surface area contributed by atoms with E-state index in [4.69, 9.17) is 0 Å². The van der Waals surface area contributed by atoms with E-state index in [2.05, 4.69) is 17.9 Å². The summed E-state index contributed by atoms with van der Waals surface area (Å²) in [6, 6.07) is 0. The van der Waals surface area contributed by atoms with Gasteiger partial charge in [-0.15, -0.1) is 13.2 Å². The molecule has 0 saturated heterocycles. The summed E-state index contributed by atoms with van der Waals surface area (Å²) in [5.41, 5.74) is 0.555. The molecule has 0 amide bonds. The van der Waals surface area contributed by atoms with Gasteiger partial charge in [0.15, 0.2) is 0 Å². The van der Waals surface area contributed by atoms with Gasteiger partial charge in [0.2, 0.25) is 0 Å². The smallest absolute Gasteiger partial charge is 0.406 e. The highest BCUT2D eigenvalue weighted by molar-refractivity contribution is 5.22. The van der Waals surface area contributed by atoms with E-state index < -0.39 is 6.36 Å². The summed E-state index contributed by atoms with van der Waals surface area (Å²) in [7, 11) is 0. The summed E-state index contributed by atoms with van der Waals surface area (Å²) < 4.78 is 38.8. The van der Waals surface area contributed by atoms with Crippen molar-refractivity contribution in [3.05, 3.63) is 36.6 Å². The maximum atomic E-state index is 11.7. The molecule has 0 atom stereocenters. The molecule has 0 rings (SSSR count). The van der Waals surface area contributed by atoms with Crippen LogP contribution in [-0.4, -0.2) is 6.36 Å². The lowest BCUT2D eigenvalue weighted by atomic mass is 10.2. The zero-order chi connectivity index (χ0) is 10.5. The van der Waals surface area contributed by atoms with E-state index in [-0.39, 0.29) is 5.76 Å². The fraction of sp³-hybridized carbons (Fsp3) is 0.333. The SMILES string of the molecule is C=C/C(=C\C(=C)CC)OC(F)(F)F. The molecule has 13 heavy (non-hydrogen) atoms. The zero-order valence-corrected chi connectivity index (χ0v) is 7.32. The van der Waals surface area contributed by atoms with E-state index in [1.165, 1.54) is 6.08 Å². The number of allylic oxidation sites excluding steroid dienone is 3. The van der Waals surface area contributed by atoms with Gasteiger partial charge in [0.05, 0.1) is 0 Å². The van der Waals surface area contributed by atoms with E-state index in [0.29, 0.717) is 12.0 Å². The second-order valence-electron chi connectivity index (χ2n) is 2.31. The first-order chi connectivity index (χ1) is 5.89. The first kappa shape index (κ1) is 11.8. The topological polar surface area (TPSA) is 9.23 Å². The Morgan fingerprint density at radius 2 is 2.00 bits per heavy atom. The van der Waals surface area contributed by atoms with Gasteiger partial charge in [0.25, 0.3) is 0 Å². The Labute approximate surface area is 75.2 Å². The molecule has 0 aliphatic carbocycles. The fourth-order valence-electron chi connectivity index (χ4n) is 0.567. The van der Waals surface area contributed by atoms with Gasteiger partial charge in [-0.1, -0.05) is 25.7 Å². The second-order valence-corrected chi connectivity index (χ2v) is 2.31. The van der Waals surface area contributed by atoms with Gasteiger partial charge < -0.3 is 4.74 Å². The van der Waals surface area contributed by atoms with E-state index in [9.17, 15) is 13.2 Å². The first-order valence-electron chi connectivity index (χ1n) is 3.66. The molecule has 0 aliphatic heterocycles. The molecule has 0 aromatic carbocycles. The standard InChI is InChI=1S/C9H11F3O/c1-4-7(3)6-8(5-2)13-9(10,11)12/h5-6H,2-4H2,1H3/b8-6+. The van der Waals surface area contributed by atoms with Crippen LogP contribution in [0.1, 0.15) is 13.3 Å². The van der Waals surface area contributed by atoms with Gasteiger partial charge in [-0.05, 0) is 18.6 Å². The van der Waals surface area contributed by atoms with Crippen molar-refractivity contribution in [3.8, 4) is 0 Å². The largest absolute Gasteiger partial charge is 0.573 e. The summed E-state index contributed by atoms with van der Waals surface area (Å²) in [4.78, 5) is 0. The Morgan fingerprint density at radius 3 is 2.31 bits per heavy atom. The number of halogens is 3. The van der Waals surface area contributed by atoms with Gasteiger partial charge in [-0.3, -0.25) is 0 Å². The normalized spacial score (nSPS) is 12.5. The average molecular weight is 192 g/mol. The van der Waals surface area contributed by atoms with Crippen LogP contribution in [0, 0.1) is 0 Å². The van der Waals surface area contributed by atoms with Crippen LogP contribution in [-0.2, 0) is 4.74 Å². The van der Waals surface area contributed by atoms with E-state index in [0.717, 1.165) is 6.08 Å². The van der Waals surface area contributed by atoms with Crippen molar-refractivity contribution >= 4 is 0 Å². The molecule has 0 N–H and O–H groups in total. The molecule has 0 fully saturated rings. The molecular formula is C9H11F3O. The third kappa shape index (κ3) is 6.02. The monoisotopic (exact) mass is 192 g/mol. The summed E-state index contributed by atoms with van der Waals surface area (Å²) in [5.74, 6) is -0.334. The lowest BCUT2D eigenvalue weighted by Crippen LogP contribution is -2.12. The minimum atomic E-state index is -4.67. The summed E-state index contributed by atoms with van der Waals surface area (Å²) in [5, 5.41) is 0. The molecule has 0 radical (unpaired) electrons. The van der Waals surface area contributed by atoms with E-state index >= 15 is 0 Å². The third-order valence-corrected chi connectivity index (χ3v) is 1.24. The molecule has 74 valence electrons. The maximum Gasteiger partial charge on any atom is 0.573 e. The number of alkyl halides is 3. The molecule has 0 aliphatic rings. The maximum absolute atomic E-state index is 11.7. The Hall–Kier alpha value is -1.19. The number of hydrogen-bond acceptors (Lipinski definition) is 1. The fourth-order valence-corrected chi connectivity index (χ4v) is 0.567. The van der Waals surface area contributed by atoms with Crippen molar-refractivity contribution in [1.82, 2.24) is 0 Å². The predicted molar refractivity (Wildman–Crippen MR) is 44.9 cm³/mol. The Kier molecular flexibility index (Phi) is 4.31. The van der Waals surface area contributed by atoms with Crippen molar-refractivity contribution in [2.45, 2.75) is 19.7 Å². The molecule has 0 heterocycles. The number of rotatable bonds is 4. The van der Waals surface area contributed by atoms with Gasteiger partial charge >= 0.3 is 6.36 Å². The molecule has 0 unspecified atom stereocenters. The van der Waals surface area contributed by atoms with E-state index in [1.807, 2.05) is 0 Å². The van der Waals surface area contributed by atoms with Gasteiger partial charge in [0.1, 0.15) is 5.76 Å². The van der Waals surface area contributed by atoms with Crippen LogP contribution < -0.4 is 0 Å². The van der Waals surface area contributed by atoms with Crippen LogP contribution in [0.3, 0.4) is 0 Å². The van der Waals surface area contributed by atoms with Crippen molar-refractivity contribution in [2.75, 3.05) is 0 Å². The predicted octanol–water partition coefficient (Wildman–Crippen LogP) is 3.56. The molecule has 0 saturated carbocycles. The van der Waals surface area contributed by atoms with Crippen LogP contribution >= 0.6 is 0 Å². The number of ether oxygens (including phenoxy) is 1. The minimum absolute atomic E-state index is 0.334. The van der Waals surface area contributed by atoms with Crippen molar-refractivity contribution in [2.24, 2.45) is 0 Å². The summed E-state index contributed by atoms with van der Waals surface area (Å²) >= 11 is 0. The molecule has 0 bridgehead atoms. The summed E-state index contributed by atoms with van der Waals surface area (Å²) in [6.07, 6.45) is -1.90. The molecule has 1 nitrogen and oxygen atoms in total. The summed E-state index contributed by atoms with van der Waals surface area (Å²) in [6.45, 7) is 8.50. The van der Waals surface area contributed by atoms with Crippen molar-refractivity contribution in [3.63, 3.8) is 0 Å². The van der Waals surface area contributed by atoms with Crippen molar-refractivity contribution in [1.29, 1.82) is 0 Å². The quantitative estimate of drug-likeness (QED) is 0.488. The Bertz CT molecular complexity index is 226. The average Bonchev–Trinajstić information content (AvgIpc) is 2.00. The third-order valence-electron chi connectivity index (χ3n) is 1.24. The Balaban J connectivity index is 4.43. The molecule has 4 heteroatoms. The molecule has 0 spiro atoms. The molecule has 0 aromatic rings.